The Bertz CT molecular complexity index is 698. The fraction of sp³-hybridized carbons (Fsp3) is 0.412. The zero-order valence-electron chi connectivity index (χ0n) is 12.6. The molecule has 1 aromatic rings. The summed E-state index contributed by atoms with van der Waals surface area (Å²) in [6.07, 6.45) is 3.77. The van der Waals surface area contributed by atoms with Gasteiger partial charge in [0.2, 0.25) is 0 Å². The van der Waals surface area contributed by atoms with Crippen LogP contribution in [0.4, 0.5) is 0 Å². The molecule has 0 spiro atoms. The summed E-state index contributed by atoms with van der Waals surface area (Å²) in [7, 11) is 0. The number of benzene rings is 1. The van der Waals surface area contributed by atoms with Crippen molar-refractivity contribution in [2.24, 2.45) is 5.73 Å². The molecule has 5 nitrogen and oxygen atoms in total. The molecule has 2 atom stereocenters. The van der Waals surface area contributed by atoms with Crippen LogP contribution in [0.25, 0.3) is 0 Å². The van der Waals surface area contributed by atoms with Crippen LogP contribution in [0, 0.1) is 0 Å². The smallest absolute Gasteiger partial charge is 0.174 e. The summed E-state index contributed by atoms with van der Waals surface area (Å²) in [6.45, 7) is 0. The highest BCUT2D eigenvalue weighted by Gasteiger charge is 2.37. The second kappa shape index (κ2) is 6.37. The van der Waals surface area contributed by atoms with E-state index in [4.69, 9.17) is 5.73 Å². The zero-order valence-corrected chi connectivity index (χ0v) is 13.4. The molecule has 0 aromatic heterocycles. The van der Waals surface area contributed by atoms with E-state index in [9.17, 15) is 19.8 Å². The minimum Gasteiger partial charge on any atom is -0.508 e. The fourth-order valence-electron chi connectivity index (χ4n) is 3.29. The van der Waals surface area contributed by atoms with Crippen LogP contribution in [0.15, 0.2) is 29.3 Å². The quantitative estimate of drug-likeness (QED) is 0.445. The van der Waals surface area contributed by atoms with Crippen molar-refractivity contribution in [1.82, 2.24) is 0 Å². The van der Waals surface area contributed by atoms with Crippen LogP contribution in [-0.4, -0.2) is 32.4 Å². The van der Waals surface area contributed by atoms with E-state index < -0.39 is 5.78 Å². The van der Waals surface area contributed by atoms with Crippen LogP contribution in [0.3, 0.4) is 0 Å². The lowest BCUT2D eigenvalue weighted by Gasteiger charge is -2.19. The lowest BCUT2D eigenvalue weighted by molar-refractivity contribution is -0.114. The largest absolute Gasteiger partial charge is 0.508 e. The molecule has 3 rings (SSSR count). The molecule has 122 valence electrons. The minimum atomic E-state index is -0.507. The Morgan fingerprint density at radius 1 is 1.22 bits per heavy atom. The van der Waals surface area contributed by atoms with Crippen molar-refractivity contribution >= 4 is 23.3 Å². The number of rotatable bonds is 4. The van der Waals surface area contributed by atoms with E-state index >= 15 is 0 Å². The van der Waals surface area contributed by atoms with E-state index in [1.807, 2.05) is 0 Å². The number of aromatic hydroxyl groups is 2. The first-order chi connectivity index (χ1) is 11.0. The molecule has 1 heterocycles. The second-order valence-corrected chi connectivity index (χ2v) is 7.30. The molecule has 0 radical (unpaired) electrons. The van der Waals surface area contributed by atoms with Crippen LogP contribution in [-0.2, 0) is 4.79 Å². The minimum absolute atomic E-state index is 0.0386. The molecule has 6 heteroatoms. The van der Waals surface area contributed by atoms with Gasteiger partial charge in [-0.15, -0.1) is 11.8 Å². The first-order valence-corrected chi connectivity index (χ1v) is 8.64. The monoisotopic (exact) mass is 333 g/mol. The Hall–Kier alpha value is -1.79. The van der Waals surface area contributed by atoms with Crippen molar-refractivity contribution in [3.63, 3.8) is 0 Å². The van der Waals surface area contributed by atoms with E-state index in [0.717, 1.165) is 31.3 Å². The van der Waals surface area contributed by atoms with Gasteiger partial charge < -0.3 is 15.9 Å². The molecule has 1 aliphatic heterocycles. The van der Waals surface area contributed by atoms with Gasteiger partial charge >= 0.3 is 0 Å². The van der Waals surface area contributed by atoms with Gasteiger partial charge in [0.15, 0.2) is 11.6 Å². The molecule has 2 unspecified atom stereocenters. The SMILES string of the molecule is NC1SC2CCCCC2=C1C(=O)CC(=O)c1cc(O)ccc1O. The van der Waals surface area contributed by atoms with Gasteiger partial charge in [-0.3, -0.25) is 9.59 Å². The number of thioether (sulfide) groups is 1. The van der Waals surface area contributed by atoms with Crippen molar-refractivity contribution in [2.75, 3.05) is 0 Å². The predicted molar refractivity (Wildman–Crippen MR) is 88.6 cm³/mol. The standard InChI is InChI=1S/C17H19NO4S/c18-17-16(10-3-1-2-4-15(10)23-17)14(22)8-13(21)11-7-9(19)5-6-12(11)20/h5-7,15,17,19-20H,1-4,8,18H2. The molecular weight excluding hydrogens is 314 g/mol. The Morgan fingerprint density at radius 3 is 2.78 bits per heavy atom. The van der Waals surface area contributed by atoms with Crippen molar-refractivity contribution in [3.05, 3.63) is 34.9 Å². The third-order valence-electron chi connectivity index (χ3n) is 4.39. The topological polar surface area (TPSA) is 101 Å². The number of ketones is 2. The average molecular weight is 333 g/mol. The van der Waals surface area contributed by atoms with Gasteiger partial charge in [0.1, 0.15) is 11.5 Å². The Kier molecular flexibility index (Phi) is 4.46. The Morgan fingerprint density at radius 2 is 2.00 bits per heavy atom. The number of hydrogen-bond acceptors (Lipinski definition) is 6. The summed E-state index contributed by atoms with van der Waals surface area (Å²) in [6, 6.07) is 3.70. The lowest BCUT2D eigenvalue weighted by Crippen LogP contribution is -2.23. The molecule has 1 fully saturated rings. The number of Topliss-reactive ketones (excluding diaryl/α,β-unsaturated/α-hetero) is 2. The highest BCUT2D eigenvalue weighted by molar-refractivity contribution is 8.01. The van der Waals surface area contributed by atoms with Crippen LogP contribution in [0.1, 0.15) is 42.5 Å². The van der Waals surface area contributed by atoms with Crippen molar-refractivity contribution in [2.45, 2.75) is 42.7 Å². The molecule has 1 aliphatic carbocycles. The molecule has 4 N–H and O–H groups in total. The summed E-state index contributed by atoms with van der Waals surface area (Å²) in [5.74, 6) is -1.13. The van der Waals surface area contributed by atoms with Gasteiger partial charge in [-0.1, -0.05) is 6.42 Å². The molecule has 0 amide bonds. The summed E-state index contributed by atoms with van der Waals surface area (Å²) in [4.78, 5) is 24.9. The normalized spacial score (nSPS) is 23.7. The maximum Gasteiger partial charge on any atom is 0.174 e. The number of phenolic OH excluding ortho intramolecular Hbond substituents is 2. The summed E-state index contributed by atoms with van der Waals surface area (Å²) in [5, 5.41) is 19.1. The average Bonchev–Trinajstić information content (AvgIpc) is 2.85. The van der Waals surface area contributed by atoms with Gasteiger partial charge in [-0.25, -0.2) is 0 Å². The van der Waals surface area contributed by atoms with Gasteiger partial charge in [0, 0.05) is 10.8 Å². The number of carbonyl (C=O) groups excluding carboxylic acids is 2. The molecule has 1 saturated carbocycles. The highest BCUT2D eigenvalue weighted by Crippen LogP contribution is 2.44. The van der Waals surface area contributed by atoms with Gasteiger partial charge in [0.05, 0.1) is 17.4 Å². The number of hydrogen-bond donors (Lipinski definition) is 3. The third-order valence-corrected chi connectivity index (χ3v) is 5.77. The van der Waals surface area contributed by atoms with Crippen molar-refractivity contribution < 1.29 is 19.8 Å². The molecular formula is C17H19NO4S. The highest BCUT2D eigenvalue weighted by atomic mass is 32.2. The van der Waals surface area contributed by atoms with Gasteiger partial charge in [0.25, 0.3) is 0 Å². The van der Waals surface area contributed by atoms with E-state index in [-0.39, 0.29) is 34.6 Å². The van der Waals surface area contributed by atoms with Crippen molar-refractivity contribution in [1.29, 1.82) is 0 Å². The molecule has 23 heavy (non-hydrogen) atoms. The van der Waals surface area contributed by atoms with E-state index in [1.54, 1.807) is 11.8 Å². The third kappa shape index (κ3) is 3.14. The first-order valence-electron chi connectivity index (χ1n) is 7.69. The van der Waals surface area contributed by atoms with Gasteiger partial charge in [-0.05, 0) is 43.0 Å². The summed E-state index contributed by atoms with van der Waals surface area (Å²) in [5.41, 5.74) is 7.75. The number of carbonyl (C=O) groups is 2. The Balaban J connectivity index is 1.81. The summed E-state index contributed by atoms with van der Waals surface area (Å²) >= 11 is 1.60. The van der Waals surface area contributed by atoms with Crippen LogP contribution in [0.2, 0.25) is 0 Å². The maximum atomic E-state index is 12.6. The van der Waals surface area contributed by atoms with Crippen molar-refractivity contribution in [3.8, 4) is 11.5 Å². The fourth-order valence-corrected chi connectivity index (χ4v) is 4.77. The van der Waals surface area contributed by atoms with Crippen LogP contribution in [0.5, 0.6) is 11.5 Å². The predicted octanol–water partition coefficient (Wildman–Crippen LogP) is 2.51. The maximum absolute atomic E-state index is 12.6. The number of phenols is 2. The van der Waals surface area contributed by atoms with Crippen LogP contribution < -0.4 is 5.73 Å². The number of nitrogens with two attached hydrogens (primary N) is 1. The molecule has 1 aromatic carbocycles. The molecule has 0 bridgehead atoms. The lowest BCUT2D eigenvalue weighted by atomic mass is 9.88. The van der Waals surface area contributed by atoms with Gasteiger partial charge in [-0.2, -0.15) is 0 Å². The van der Waals surface area contributed by atoms with E-state index in [0.29, 0.717) is 10.8 Å². The molecule has 2 aliphatic rings. The zero-order chi connectivity index (χ0) is 16.6. The van der Waals surface area contributed by atoms with Crippen LogP contribution >= 0.6 is 11.8 Å². The second-order valence-electron chi connectivity index (χ2n) is 5.95. The number of fused-ring (bicyclic) bond motifs is 1. The Labute approximate surface area is 138 Å². The summed E-state index contributed by atoms with van der Waals surface area (Å²) < 4.78 is 0. The van der Waals surface area contributed by atoms with E-state index in [2.05, 4.69) is 0 Å². The first kappa shape index (κ1) is 16.1. The molecule has 0 saturated heterocycles. The van der Waals surface area contributed by atoms with E-state index in [1.165, 1.54) is 18.2 Å².